The topological polar surface area (TPSA) is 52.6 Å². The van der Waals surface area contributed by atoms with E-state index in [4.69, 9.17) is 9.47 Å². The Labute approximate surface area is 147 Å². The molecule has 0 saturated heterocycles. The Balaban J connectivity index is 2.06. The second-order valence-corrected chi connectivity index (χ2v) is 6.78. The maximum atomic E-state index is 11.8. The minimum atomic E-state index is -0.427. The highest BCUT2D eigenvalue weighted by Gasteiger charge is 2.19. The molecule has 138 valence electrons. The molecule has 1 rings (SSSR count). The van der Waals surface area contributed by atoms with E-state index in [-0.39, 0.29) is 6.10 Å². The summed E-state index contributed by atoms with van der Waals surface area (Å²) in [5.41, 5.74) is 0.317. The molecule has 0 aromatic heterocycles. The quantitative estimate of drug-likeness (QED) is 0.282. The SMILES string of the molecule is CCCCCCCCCCOC(=O)/C(C)=C\C(=O)OC1CCCC1. The van der Waals surface area contributed by atoms with Gasteiger partial charge in [0.1, 0.15) is 6.10 Å². The van der Waals surface area contributed by atoms with Gasteiger partial charge in [0.05, 0.1) is 6.61 Å². The van der Waals surface area contributed by atoms with Crippen LogP contribution in [0.2, 0.25) is 0 Å². The molecule has 0 amide bonds. The van der Waals surface area contributed by atoms with Crippen LogP contribution in [-0.4, -0.2) is 24.6 Å². The summed E-state index contributed by atoms with van der Waals surface area (Å²) in [6, 6.07) is 0. The van der Waals surface area contributed by atoms with Gasteiger partial charge in [-0.2, -0.15) is 0 Å². The van der Waals surface area contributed by atoms with Gasteiger partial charge in [-0.25, -0.2) is 9.59 Å². The van der Waals surface area contributed by atoms with E-state index in [0.717, 1.165) is 38.5 Å². The smallest absolute Gasteiger partial charge is 0.333 e. The van der Waals surface area contributed by atoms with Crippen LogP contribution in [0, 0.1) is 0 Å². The fourth-order valence-electron chi connectivity index (χ4n) is 2.95. The largest absolute Gasteiger partial charge is 0.462 e. The van der Waals surface area contributed by atoms with Crippen molar-refractivity contribution in [3.05, 3.63) is 11.6 Å². The highest BCUT2D eigenvalue weighted by atomic mass is 16.5. The molecule has 1 aliphatic rings. The first-order chi connectivity index (χ1) is 11.6. The van der Waals surface area contributed by atoms with E-state index in [1.165, 1.54) is 44.6 Å². The molecule has 0 atom stereocenters. The summed E-state index contributed by atoms with van der Waals surface area (Å²) in [5.74, 6) is -0.843. The van der Waals surface area contributed by atoms with Crippen LogP contribution in [-0.2, 0) is 19.1 Å². The molecule has 0 radical (unpaired) electrons. The fourth-order valence-corrected chi connectivity index (χ4v) is 2.95. The lowest BCUT2D eigenvalue weighted by atomic mass is 10.1. The Morgan fingerprint density at radius 3 is 2.17 bits per heavy atom. The van der Waals surface area contributed by atoms with Gasteiger partial charge in [0.15, 0.2) is 0 Å². The molecule has 0 N–H and O–H groups in total. The standard InChI is InChI=1S/C20H34O4/c1-3-4-5-6-7-8-9-12-15-23-20(22)17(2)16-19(21)24-18-13-10-11-14-18/h16,18H,3-15H2,1-2H3/b17-16-. The van der Waals surface area contributed by atoms with Crippen molar-refractivity contribution in [3.63, 3.8) is 0 Å². The van der Waals surface area contributed by atoms with E-state index in [1.54, 1.807) is 6.92 Å². The van der Waals surface area contributed by atoms with Crippen molar-refractivity contribution < 1.29 is 19.1 Å². The first-order valence-corrected chi connectivity index (χ1v) is 9.69. The maximum Gasteiger partial charge on any atom is 0.333 e. The molecular formula is C20H34O4. The predicted octanol–water partition coefficient (Wildman–Crippen LogP) is 5.10. The summed E-state index contributed by atoms with van der Waals surface area (Å²) in [4.78, 5) is 23.6. The number of esters is 2. The van der Waals surface area contributed by atoms with Crippen molar-refractivity contribution in [1.82, 2.24) is 0 Å². The number of carbonyl (C=O) groups is 2. The molecule has 0 bridgehead atoms. The van der Waals surface area contributed by atoms with Gasteiger partial charge < -0.3 is 9.47 Å². The van der Waals surface area contributed by atoms with Gasteiger partial charge in [-0.05, 0) is 39.0 Å². The van der Waals surface area contributed by atoms with Crippen molar-refractivity contribution >= 4 is 11.9 Å². The van der Waals surface area contributed by atoms with E-state index in [9.17, 15) is 9.59 Å². The zero-order valence-corrected chi connectivity index (χ0v) is 15.5. The van der Waals surface area contributed by atoms with E-state index < -0.39 is 11.9 Å². The number of ether oxygens (including phenoxy) is 2. The normalized spacial score (nSPS) is 15.5. The minimum Gasteiger partial charge on any atom is -0.462 e. The average molecular weight is 338 g/mol. The predicted molar refractivity (Wildman–Crippen MR) is 95.7 cm³/mol. The average Bonchev–Trinajstić information content (AvgIpc) is 3.05. The third-order valence-electron chi connectivity index (χ3n) is 4.47. The second-order valence-electron chi connectivity index (χ2n) is 6.78. The number of hydrogen-bond donors (Lipinski definition) is 0. The second kappa shape index (κ2) is 13.0. The monoisotopic (exact) mass is 338 g/mol. The van der Waals surface area contributed by atoms with Gasteiger partial charge in [-0.1, -0.05) is 51.9 Å². The Morgan fingerprint density at radius 1 is 0.958 bits per heavy atom. The van der Waals surface area contributed by atoms with Crippen LogP contribution < -0.4 is 0 Å². The van der Waals surface area contributed by atoms with Crippen molar-refractivity contribution in [2.45, 2.75) is 97.0 Å². The molecule has 0 heterocycles. The highest BCUT2D eigenvalue weighted by Crippen LogP contribution is 2.21. The lowest BCUT2D eigenvalue weighted by Gasteiger charge is -2.09. The minimum absolute atomic E-state index is 0.0231. The summed E-state index contributed by atoms with van der Waals surface area (Å²) >= 11 is 0. The van der Waals surface area contributed by atoms with Crippen LogP contribution in [0.1, 0.15) is 90.9 Å². The van der Waals surface area contributed by atoms with Crippen molar-refractivity contribution in [1.29, 1.82) is 0 Å². The van der Waals surface area contributed by atoms with Crippen molar-refractivity contribution in [3.8, 4) is 0 Å². The number of hydrogen-bond acceptors (Lipinski definition) is 4. The summed E-state index contributed by atoms with van der Waals surface area (Å²) < 4.78 is 10.5. The molecule has 0 aliphatic heterocycles. The van der Waals surface area contributed by atoms with Crippen LogP contribution in [0.15, 0.2) is 11.6 Å². The molecule has 24 heavy (non-hydrogen) atoms. The van der Waals surface area contributed by atoms with Crippen LogP contribution >= 0.6 is 0 Å². The lowest BCUT2D eigenvalue weighted by Crippen LogP contribution is -2.14. The molecule has 1 fully saturated rings. The highest BCUT2D eigenvalue weighted by molar-refractivity contribution is 5.95. The number of unbranched alkanes of at least 4 members (excludes halogenated alkanes) is 7. The third kappa shape index (κ3) is 9.74. The summed E-state index contributed by atoms with van der Waals surface area (Å²) in [5, 5.41) is 0. The lowest BCUT2D eigenvalue weighted by molar-refractivity contribution is -0.144. The molecule has 4 heteroatoms. The van der Waals surface area contributed by atoms with Crippen molar-refractivity contribution in [2.24, 2.45) is 0 Å². The molecule has 1 saturated carbocycles. The van der Waals surface area contributed by atoms with Crippen LogP contribution in [0.4, 0.5) is 0 Å². The van der Waals surface area contributed by atoms with E-state index in [1.807, 2.05) is 0 Å². The molecule has 0 aromatic carbocycles. The molecule has 0 unspecified atom stereocenters. The van der Waals surface area contributed by atoms with E-state index in [0.29, 0.717) is 12.2 Å². The summed E-state index contributed by atoms with van der Waals surface area (Å²) in [6.45, 7) is 4.25. The Kier molecular flexibility index (Phi) is 11.2. The molecule has 4 nitrogen and oxygen atoms in total. The number of rotatable bonds is 12. The van der Waals surface area contributed by atoms with Gasteiger partial charge in [0, 0.05) is 11.6 Å². The molecule has 1 aliphatic carbocycles. The Morgan fingerprint density at radius 2 is 1.54 bits per heavy atom. The van der Waals surface area contributed by atoms with Gasteiger partial charge in [-0.3, -0.25) is 0 Å². The van der Waals surface area contributed by atoms with Crippen LogP contribution in [0.3, 0.4) is 0 Å². The van der Waals surface area contributed by atoms with Gasteiger partial charge in [0.25, 0.3) is 0 Å². The molecular weight excluding hydrogens is 304 g/mol. The summed E-state index contributed by atoms with van der Waals surface area (Å²) in [6.07, 6.45) is 15.0. The van der Waals surface area contributed by atoms with E-state index >= 15 is 0 Å². The van der Waals surface area contributed by atoms with Gasteiger partial charge in [-0.15, -0.1) is 0 Å². The zero-order chi connectivity index (χ0) is 17.6. The first kappa shape index (κ1) is 20.7. The van der Waals surface area contributed by atoms with E-state index in [2.05, 4.69) is 6.92 Å². The molecule has 0 spiro atoms. The molecule has 0 aromatic rings. The fraction of sp³-hybridized carbons (Fsp3) is 0.800. The van der Waals surface area contributed by atoms with Gasteiger partial charge in [0.2, 0.25) is 0 Å². The maximum absolute atomic E-state index is 11.8. The summed E-state index contributed by atoms with van der Waals surface area (Å²) in [7, 11) is 0. The Bertz CT molecular complexity index is 394. The van der Waals surface area contributed by atoms with Crippen LogP contribution in [0.5, 0.6) is 0 Å². The van der Waals surface area contributed by atoms with Crippen LogP contribution in [0.25, 0.3) is 0 Å². The number of carbonyl (C=O) groups excluding carboxylic acids is 2. The Hall–Kier alpha value is -1.32. The first-order valence-electron chi connectivity index (χ1n) is 9.69. The zero-order valence-electron chi connectivity index (χ0n) is 15.5. The van der Waals surface area contributed by atoms with Gasteiger partial charge >= 0.3 is 11.9 Å². The third-order valence-corrected chi connectivity index (χ3v) is 4.47. The van der Waals surface area contributed by atoms with Crippen molar-refractivity contribution in [2.75, 3.05) is 6.61 Å².